The van der Waals surface area contributed by atoms with Crippen LogP contribution in [0, 0.1) is 34.5 Å². The van der Waals surface area contributed by atoms with Crippen molar-refractivity contribution in [1.29, 1.82) is 0 Å². The van der Waals surface area contributed by atoms with Gasteiger partial charge >= 0.3 is 6.18 Å². The van der Waals surface area contributed by atoms with Crippen molar-refractivity contribution in [2.75, 3.05) is 14.2 Å². The largest absolute Gasteiger partial charge is 0.414 e. The molecule has 4 rings (SSSR count). The Morgan fingerprint density at radius 3 is 2.28 bits per heavy atom. The predicted molar refractivity (Wildman–Crippen MR) is 122 cm³/mol. The van der Waals surface area contributed by atoms with Gasteiger partial charge in [0.25, 0.3) is 0 Å². The number of rotatable bonds is 2. The van der Waals surface area contributed by atoms with Gasteiger partial charge in [0, 0.05) is 14.2 Å². The molecule has 188 valence electrons. The fraction of sp³-hybridized carbons (Fsp3) is 0.923. The standard InChI is InChI=1S/C22H33F3O2.C2H6O.C2H6/c1-20-9-7-15(26)11-13(20)3-5-16-17-6-4-14(12-19(27)22(23,24)25)21(17,2)10-8-18(16)20;1-3-2;1-2/h3,14-19,26-27H,4-12H2,1-2H3;1-2H3;1-2H3. The summed E-state index contributed by atoms with van der Waals surface area (Å²) in [5.41, 5.74) is 1.50. The highest BCUT2D eigenvalue weighted by molar-refractivity contribution is 5.25. The summed E-state index contributed by atoms with van der Waals surface area (Å²) < 4.78 is 43.0. The zero-order chi connectivity index (χ0) is 24.3. The fourth-order valence-electron chi connectivity index (χ4n) is 7.54. The first-order valence-electron chi connectivity index (χ1n) is 12.5. The number of ether oxygens (including phenoxy) is 1. The monoisotopic (exact) mass is 462 g/mol. The second-order valence-electron chi connectivity index (χ2n) is 10.7. The molecular formula is C26H45F3O3. The summed E-state index contributed by atoms with van der Waals surface area (Å²) in [5.74, 6) is 1.56. The van der Waals surface area contributed by atoms with Crippen molar-refractivity contribution < 1.29 is 28.1 Å². The Kier molecular flexibility index (Phi) is 9.31. The van der Waals surface area contributed by atoms with Crippen LogP contribution in [0.15, 0.2) is 11.6 Å². The second-order valence-corrected chi connectivity index (χ2v) is 10.7. The van der Waals surface area contributed by atoms with Crippen LogP contribution in [0.25, 0.3) is 0 Å². The maximum Gasteiger partial charge on any atom is 0.414 e. The number of aliphatic hydroxyl groups excluding tert-OH is 2. The Hall–Kier alpha value is -0.590. The van der Waals surface area contributed by atoms with Crippen molar-refractivity contribution in [1.82, 2.24) is 0 Å². The van der Waals surface area contributed by atoms with Crippen molar-refractivity contribution in [3.63, 3.8) is 0 Å². The third-order valence-electron chi connectivity index (χ3n) is 9.16. The van der Waals surface area contributed by atoms with E-state index in [2.05, 4.69) is 24.7 Å². The molecule has 0 aromatic heterocycles. The molecular weight excluding hydrogens is 417 g/mol. The average Bonchev–Trinajstić information content (AvgIpc) is 3.06. The highest BCUT2D eigenvalue weighted by Crippen LogP contribution is 2.66. The Morgan fingerprint density at radius 1 is 1.06 bits per heavy atom. The molecule has 6 heteroatoms. The van der Waals surface area contributed by atoms with Gasteiger partial charge < -0.3 is 14.9 Å². The van der Waals surface area contributed by atoms with Crippen LogP contribution in [0.1, 0.15) is 85.5 Å². The van der Waals surface area contributed by atoms with Crippen molar-refractivity contribution in [3.05, 3.63) is 11.6 Å². The van der Waals surface area contributed by atoms with Crippen molar-refractivity contribution in [2.24, 2.45) is 34.5 Å². The lowest BCUT2D eigenvalue weighted by Crippen LogP contribution is -2.50. The lowest BCUT2D eigenvalue weighted by molar-refractivity contribution is -0.211. The highest BCUT2D eigenvalue weighted by Gasteiger charge is 2.59. The number of alkyl halides is 3. The summed E-state index contributed by atoms with van der Waals surface area (Å²) >= 11 is 0. The van der Waals surface area contributed by atoms with E-state index >= 15 is 0 Å². The number of hydrogen-bond donors (Lipinski definition) is 2. The van der Waals surface area contributed by atoms with Crippen molar-refractivity contribution in [2.45, 2.75) is 104 Å². The lowest BCUT2D eigenvalue weighted by atomic mass is 9.47. The molecule has 4 aliphatic rings. The molecule has 4 aliphatic carbocycles. The Labute approximate surface area is 192 Å². The summed E-state index contributed by atoms with van der Waals surface area (Å²) in [7, 11) is 3.25. The number of aliphatic hydroxyl groups is 2. The van der Waals surface area contributed by atoms with E-state index in [4.69, 9.17) is 0 Å². The third-order valence-corrected chi connectivity index (χ3v) is 9.16. The summed E-state index contributed by atoms with van der Waals surface area (Å²) in [6, 6.07) is 0. The number of hydrogen-bond acceptors (Lipinski definition) is 3. The van der Waals surface area contributed by atoms with Crippen LogP contribution in [-0.2, 0) is 4.74 Å². The molecule has 0 amide bonds. The van der Waals surface area contributed by atoms with Crippen LogP contribution >= 0.6 is 0 Å². The van der Waals surface area contributed by atoms with Crippen LogP contribution in [0.5, 0.6) is 0 Å². The van der Waals surface area contributed by atoms with Gasteiger partial charge in [0.15, 0.2) is 0 Å². The van der Waals surface area contributed by atoms with Crippen LogP contribution in [0.2, 0.25) is 0 Å². The predicted octanol–water partition coefficient (Wildman–Crippen LogP) is 6.53. The quantitative estimate of drug-likeness (QED) is 0.459. The van der Waals surface area contributed by atoms with E-state index in [-0.39, 0.29) is 29.3 Å². The molecule has 8 atom stereocenters. The summed E-state index contributed by atoms with van der Waals surface area (Å²) in [6.45, 7) is 8.56. The van der Waals surface area contributed by atoms with E-state index in [1.54, 1.807) is 14.2 Å². The zero-order valence-corrected chi connectivity index (χ0v) is 20.8. The van der Waals surface area contributed by atoms with E-state index in [9.17, 15) is 23.4 Å². The normalized spacial score (nSPS) is 41.5. The number of halogens is 3. The first-order valence-corrected chi connectivity index (χ1v) is 12.5. The molecule has 0 aromatic rings. The van der Waals surface area contributed by atoms with Gasteiger partial charge in [-0.3, -0.25) is 0 Å². The van der Waals surface area contributed by atoms with Gasteiger partial charge in [-0.2, -0.15) is 13.2 Å². The molecule has 2 N–H and O–H groups in total. The molecule has 0 aromatic carbocycles. The molecule has 0 spiro atoms. The second kappa shape index (κ2) is 10.8. The number of methoxy groups -OCH3 is 1. The van der Waals surface area contributed by atoms with Gasteiger partial charge in [-0.05, 0) is 92.3 Å². The maximum absolute atomic E-state index is 12.9. The topological polar surface area (TPSA) is 49.7 Å². The molecule has 0 saturated heterocycles. The van der Waals surface area contributed by atoms with E-state index in [0.717, 1.165) is 51.4 Å². The highest BCUT2D eigenvalue weighted by atomic mass is 19.4. The molecule has 0 heterocycles. The molecule has 8 unspecified atom stereocenters. The summed E-state index contributed by atoms with van der Waals surface area (Å²) in [6.07, 6.45) is 2.84. The molecule has 32 heavy (non-hydrogen) atoms. The van der Waals surface area contributed by atoms with E-state index in [0.29, 0.717) is 17.8 Å². The summed E-state index contributed by atoms with van der Waals surface area (Å²) in [4.78, 5) is 0. The first kappa shape index (κ1) is 27.7. The van der Waals surface area contributed by atoms with Crippen molar-refractivity contribution in [3.8, 4) is 0 Å². The first-order chi connectivity index (χ1) is 15.0. The minimum atomic E-state index is -4.51. The fourth-order valence-corrected chi connectivity index (χ4v) is 7.54. The number of fused-ring (bicyclic) bond motifs is 5. The maximum atomic E-state index is 12.9. The number of allylic oxidation sites excluding steroid dienone is 1. The minimum Gasteiger partial charge on any atom is -0.393 e. The Bertz CT molecular complexity index is 634. The molecule has 3 fully saturated rings. The summed E-state index contributed by atoms with van der Waals surface area (Å²) in [5, 5.41) is 19.7. The van der Waals surface area contributed by atoms with Crippen molar-refractivity contribution >= 4 is 0 Å². The molecule has 3 saturated carbocycles. The van der Waals surface area contributed by atoms with E-state index < -0.39 is 12.3 Å². The SMILES string of the molecule is CC.CC12CCC(O)CC1=CCC1C2CCC2(C)C(CC(O)C(F)(F)F)CCC12.COC. The zero-order valence-electron chi connectivity index (χ0n) is 20.8. The van der Waals surface area contributed by atoms with E-state index in [1.165, 1.54) is 5.57 Å². The van der Waals surface area contributed by atoms with Gasteiger partial charge in [0.1, 0.15) is 6.10 Å². The van der Waals surface area contributed by atoms with E-state index in [1.807, 2.05) is 13.8 Å². The molecule has 0 aliphatic heterocycles. The smallest absolute Gasteiger partial charge is 0.393 e. The van der Waals surface area contributed by atoms with Crippen LogP contribution < -0.4 is 0 Å². The Balaban J connectivity index is 0.000000671. The van der Waals surface area contributed by atoms with Gasteiger partial charge in [0.2, 0.25) is 0 Å². The lowest BCUT2D eigenvalue weighted by Gasteiger charge is -2.58. The van der Waals surface area contributed by atoms with Gasteiger partial charge in [-0.15, -0.1) is 0 Å². The molecule has 0 radical (unpaired) electrons. The van der Waals surface area contributed by atoms with Crippen LogP contribution in [0.3, 0.4) is 0 Å². The average molecular weight is 463 g/mol. The Morgan fingerprint density at radius 2 is 1.69 bits per heavy atom. The van der Waals surface area contributed by atoms with Crippen LogP contribution in [-0.4, -0.2) is 42.8 Å². The van der Waals surface area contributed by atoms with Gasteiger partial charge in [-0.1, -0.05) is 39.3 Å². The van der Waals surface area contributed by atoms with Crippen LogP contribution in [0.4, 0.5) is 13.2 Å². The third kappa shape index (κ3) is 5.22. The minimum absolute atomic E-state index is 0.0357. The molecule has 3 nitrogen and oxygen atoms in total. The molecule has 0 bridgehead atoms. The van der Waals surface area contributed by atoms with Gasteiger partial charge in [0.05, 0.1) is 6.10 Å². The van der Waals surface area contributed by atoms with Gasteiger partial charge in [-0.25, -0.2) is 0 Å².